The van der Waals surface area contributed by atoms with E-state index in [2.05, 4.69) is 30.4 Å². The zero-order valence-corrected chi connectivity index (χ0v) is 18.0. The van der Waals surface area contributed by atoms with Crippen molar-refractivity contribution in [3.8, 4) is 10.4 Å². The van der Waals surface area contributed by atoms with E-state index in [-0.39, 0.29) is 23.5 Å². The molecule has 1 amide bonds. The molecule has 0 spiro atoms. The van der Waals surface area contributed by atoms with Crippen molar-refractivity contribution in [2.75, 3.05) is 0 Å². The number of halogens is 1. The van der Waals surface area contributed by atoms with Gasteiger partial charge in [-0.25, -0.2) is 4.39 Å². The lowest BCUT2D eigenvalue weighted by Crippen LogP contribution is -2.33. The Morgan fingerprint density at radius 3 is 2.61 bits per heavy atom. The predicted molar refractivity (Wildman–Crippen MR) is 124 cm³/mol. The molecule has 6 heteroatoms. The minimum atomic E-state index is -0.428. The summed E-state index contributed by atoms with van der Waals surface area (Å²) in [6.45, 7) is 2.85. The highest BCUT2D eigenvalue weighted by Crippen LogP contribution is 2.33. The lowest BCUT2D eigenvalue weighted by atomic mass is 10.1. The zero-order valence-electron chi connectivity index (χ0n) is 17.2. The number of amides is 1. The molecule has 0 aliphatic carbocycles. The second-order valence-electron chi connectivity index (χ2n) is 7.45. The van der Waals surface area contributed by atoms with Gasteiger partial charge < -0.3 is 9.88 Å². The molecule has 0 atom stereocenters. The Bertz CT molecular complexity index is 1240. The smallest absolute Gasteiger partial charge is 0.263 e. The molecular weight excluding hydrogens is 411 g/mol. The Kier molecular flexibility index (Phi) is 6.28. The fraction of sp³-hybridized carbons (Fsp3) is 0.200. The Morgan fingerprint density at radius 1 is 1.10 bits per heavy atom. The van der Waals surface area contributed by atoms with Crippen LogP contribution in [0.3, 0.4) is 0 Å². The second-order valence-corrected chi connectivity index (χ2v) is 8.54. The molecule has 0 unspecified atom stereocenters. The molecule has 2 aromatic carbocycles. The summed E-state index contributed by atoms with van der Waals surface area (Å²) in [4.78, 5) is 26.9. The minimum Gasteiger partial charge on any atom is -0.348 e. The van der Waals surface area contributed by atoms with Gasteiger partial charge in [-0.2, -0.15) is 0 Å². The number of rotatable bonds is 7. The number of thiophene rings is 1. The van der Waals surface area contributed by atoms with Crippen LogP contribution >= 0.6 is 11.3 Å². The number of benzene rings is 2. The van der Waals surface area contributed by atoms with Crippen LogP contribution < -0.4 is 10.9 Å². The molecule has 2 aromatic heterocycles. The van der Waals surface area contributed by atoms with Gasteiger partial charge in [0.25, 0.3) is 11.5 Å². The van der Waals surface area contributed by atoms with Gasteiger partial charge >= 0.3 is 0 Å². The van der Waals surface area contributed by atoms with Gasteiger partial charge in [-0.3, -0.25) is 9.59 Å². The van der Waals surface area contributed by atoms with E-state index in [0.717, 1.165) is 38.9 Å². The van der Waals surface area contributed by atoms with Crippen molar-refractivity contribution in [3.05, 3.63) is 94.2 Å². The lowest BCUT2D eigenvalue weighted by molar-refractivity contribution is 0.0949. The molecule has 0 saturated heterocycles. The van der Waals surface area contributed by atoms with Crippen molar-refractivity contribution in [1.29, 1.82) is 0 Å². The summed E-state index contributed by atoms with van der Waals surface area (Å²) in [5, 5.41) is 3.93. The largest absolute Gasteiger partial charge is 0.348 e. The molecule has 1 N–H and O–H groups in total. The topological polar surface area (TPSA) is 51.1 Å². The highest BCUT2D eigenvalue weighted by molar-refractivity contribution is 7.22. The minimum absolute atomic E-state index is 0.119. The number of fused-ring (bicyclic) bond motifs is 1. The van der Waals surface area contributed by atoms with Gasteiger partial charge in [-0.05, 0) is 47.7 Å². The number of hydrogen-bond acceptors (Lipinski definition) is 3. The number of carbonyl (C=O) groups excluding carboxylic acids is 1. The first-order valence-corrected chi connectivity index (χ1v) is 11.1. The van der Waals surface area contributed by atoms with Crippen LogP contribution in [0, 0.1) is 5.82 Å². The molecule has 0 radical (unpaired) electrons. The highest BCUT2D eigenvalue weighted by atomic mass is 32.1. The Labute approximate surface area is 184 Å². The first kappa shape index (κ1) is 21.0. The van der Waals surface area contributed by atoms with E-state index in [0.29, 0.717) is 6.54 Å². The maximum absolute atomic E-state index is 13.1. The van der Waals surface area contributed by atoms with Gasteiger partial charge in [0.1, 0.15) is 11.4 Å². The summed E-state index contributed by atoms with van der Waals surface area (Å²) in [7, 11) is 0. The number of aromatic nitrogens is 1. The van der Waals surface area contributed by atoms with E-state index in [9.17, 15) is 14.0 Å². The van der Waals surface area contributed by atoms with Gasteiger partial charge in [0.15, 0.2) is 0 Å². The van der Waals surface area contributed by atoms with Crippen molar-refractivity contribution in [2.24, 2.45) is 0 Å². The zero-order chi connectivity index (χ0) is 21.8. The molecule has 4 rings (SSSR count). The summed E-state index contributed by atoms with van der Waals surface area (Å²) in [6, 6.07) is 17.8. The number of hydrogen-bond donors (Lipinski definition) is 1. The Hall–Kier alpha value is -3.25. The van der Waals surface area contributed by atoms with Crippen LogP contribution in [0.2, 0.25) is 0 Å². The van der Waals surface area contributed by atoms with Crippen LogP contribution in [0.25, 0.3) is 20.5 Å². The molecule has 0 aliphatic heterocycles. The van der Waals surface area contributed by atoms with Crippen LogP contribution in [0.5, 0.6) is 0 Å². The third-order valence-electron chi connectivity index (χ3n) is 5.16. The summed E-state index contributed by atoms with van der Waals surface area (Å²) in [5.41, 5.74) is 1.44. The Morgan fingerprint density at radius 2 is 1.87 bits per heavy atom. The van der Waals surface area contributed by atoms with Gasteiger partial charge in [0.2, 0.25) is 0 Å². The number of nitrogens with one attached hydrogen (secondary N) is 1. The number of pyridine rings is 1. The standard InChI is InChI=1S/C25H23FN2O2S/c1-2-3-12-28-16-19(23-14-18-6-4-5-7-22(18)31-23)13-21(25(28)30)24(29)27-15-17-8-10-20(26)11-9-17/h4-11,13-14,16H,2-3,12,15H2,1H3,(H,27,29). The molecule has 0 bridgehead atoms. The van der Waals surface area contributed by atoms with E-state index in [4.69, 9.17) is 0 Å². The van der Waals surface area contributed by atoms with Crippen molar-refractivity contribution in [1.82, 2.24) is 9.88 Å². The number of nitrogens with zero attached hydrogens (tertiary/aromatic N) is 1. The third kappa shape index (κ3) is 4.75. The van der Waals surface area contributed by atoms with E-state index in [1.807, 2.05) is 18.3 Å². The molecule has 0 fully saturated rings. The average molecular weight is 435 g/mol. The number of carbonyl (C=O) groups is 1. The van der Waals surface area contributed by atoms with Gasteiger partial charge in [0.05, 0.1) is 0 Å². The number of unbranched alkanes of at least 4 members (excludes halogenated alkanes) is 1. The molecule has 0 aliphatic rings. The molecule has 158 valence electrons. The van der Waals surface area contributed by atoms with Gasteiger partial charge in [-0.1, -0.05) is 43.7 Å². The van der Waals surface area contributed by atoms with Gasteiger partial charge in [-0.15, -0.1) is 11.3 Å². The molecular formula is C25H23FN2O2S. The summed E-state index contributed by atoms with van der Waals surface area (Å²) < 4.78 is 15.9. The van der Waals surface area contributed by atoms with E-state index < -0.39 is 5.91 Å². The predicted octanol–water partition coefficient (Wildman–Crippen LogP) is 5.60. The van der Waals surface area contributed by atoms with E-state index in [1.54, 1.807) is 34.1 Å². The maximum Gasteiger partial charge on any atom is 0.263 e. The lowest BCUT2D eigenvalue weighted by Gasteiger charge is -2.11. The molecule has 31 heavy (non-hydrogen) atoms. The SMILES string of the molecule is CCCCn1cc(-c2cc3ccccc3s2)cc(C(=O)NCc2ccc(F)cc2)c1=O. The average Bonchev–Trinajstić information content (AvgIpc) is 3.22. The molecule has 0 saturated carbocycles. The molecule has 4 nitrogen and oxygen atoms in total. The maximum atomic E-state index is 13.1. The molecule has 2 heterocycles. The van der Waals surface area contributed by atoms with Crippen molar-refractivity contribution in [2.45, 2.75) is 32.9 Å². The second kappa shape index (κ2) is 9.27. The van der Waals surface area contributed by atoms with Crippen LogP contribution in [0.1, 0.15) is 35.7 Å². The quantitative estimate of drug-likeness (QED) is 0.412. The van der Waals surface area contributed by atoms with Gasteiger partial charge in [0, 0.05) is 34.4 Å². The first-order valence-electron chi connectivity index (χ1n) is 10.3. The number of aryl methyl sites for hydroxylation is 1. The van der Waals surface area contributed by atoms with Crippen LogP contribution in [-0.4, -0.2) is 10.5 Å². The van der Waals surface area contributed by atoms with Crippen LogP contribution in [0.15, 0.2) is 71.7 Å². The summed E-state index contributed by atoms with van der Waals surface area (Å²) in [6.07, 6.45) is 3.65. The fourth-order valence-corrected chi connectivity index (χ4v) is 4.48. The van der Waals surface area contributed by atoms with Crippen LogP contribution in [0.4, 0.5) is 4.39 Å². The van der Waals surface area contributed by atoms with Crippen molar-refractivity contribution >= 4 is 27.3 Å². The van der Waals surface area contributed by atoms with E-state index >= 15 is 0 Å². The van der Waals surface area contributed by atoms with E-state index in [1.165, 1.54) is 12.1 Å². The van der Waals surface area contributed by atoms with Crippen molar-refractivity contribution < 1.29 is 9.18 Å². The summed E-state index contributed by atoms with van der Waals surface area (Å²) in [5.74, 6) is -0.757. The van der Waals surface area contributed by atoms with Crippen molar-refractivity contribution in [3.63, 3.8) is 0 Å². The first-order chi connectivity index (χ1) is 15.0. The summed E-state index contributed by atoms with van der Waals surface area (Å²) >= 11 is 1.64. The highest BCUT2D eigenvalue weighted by Gasteiger charge is 2.16. The van der Waals surface area contributed by atoms with Crippen LogP contribution in [-0.2, 0) is 13.1 Å². The fourth-order valence-electron chi connectivity index (χ4n) is 3.43. The normalized spacial score (nSPS) is 11.0. The Balaban J connectivity index is 1.68. The molecule has 4 aromatic rings. The third-order valence-corrected chi connectivity index (χ3v) is 6.32. The monoisotopic (exact) mass is 434 g/mol.